The fourth-order valence-corrected chi connectivity index (χ4v) is 4.27. The van der Waals surface area contributed by atoms with E-state index in [4.69, 9.17) is 0 Å². The lowest BCUT2D eigenvalue weighted by Gasteiger charge is -2.47. The third-order valence-corrected chi connectivity index (χ3v) is 4.27. The molecule has 0 aromatic carbocycles. The van der Waals surface area contributed by atoms with Gasteiger partial charge in [0.05, 0.1) is 0 Å². The highest BCUT2D eigenvalue weighted by Crippen LogP contribution is 2.49. The third kappa shape index (κ3) is 5.30. The lowest BCUT2D eigenvalue weighted by atomic mass is 9.59. The predicted octanol–water partition coefficient (Wildman–Crippen LogP) is 4.86. The first kappa shape index (κ1) is 16.0. The average Bonchev–Trinajstić information content (AvgIpc) is 2.10. The van der Waals surface area contributed by atoms with E-state index >= 15 is 0 Å². The molecular weight excluding hydrogens is 218 g/mol. The first-order valence-electron chi connectivity index (χ1n) is 7.85. The van der Waals surface area contributed by atoms with E-state index in [0.717, 1.165) is 11.8 Å². The van der Waals surface area contributed by atoms with Crippen molar-refractivity contribution in [1.29, 1.82) is 0 Å². The number of hydrogen-bond donors (Lipinski definition) is 1. The van der Waals surface area contributed by atoms with E-state index in [-0.39, 0.29) is 0 Å². The molecule has 0 aliphatic heterocycles. The maximum absolute atomic E-state index is 3.67. The molecule has 2 atom stereocenters. The average molecular weight is 253 g/mol. The van der Waals surface area contributed by atoms with Crippen LogP contribution in [-0.2, 0) is 0 Å². The summed E-state index contributed by atoms with van der Waals surface area (Å²) >= 11 is 0. The maximum Gasteiger partial charge on any atom is 0.00106 e. The Morgan fingerprint density at radius 1 is 1.06 bits per heavy atom. The van der Waals surface area contributed by atoms with Crippen LogP contribution in [0.3, 0.4) is 0 Å². The largest absolute Gasteiger partial charge is 0.314 e. The van der Waals surface area contributed by atoms with Crippen LogP contribution in [0.4, 0.5) is 0 Å². The quantitative estimate of drug-likeness (QED) is 0.737. The van der Waals surface area contributed by atoms with Crippen molar-refractivity contribution in [3.63, 3.8) is 0 Å². The van der Waals surface area contributed by atoms with Gasteiger partial charge in [-0.25, -0.2) is 0 Å². The summed E-state index contributed by atoms with van der Waals surface area (Å²) < 4.78 is 0. The van der Waals surface area contributed by atoms with Gasteiger partial charge in [0.1, 0.15) is 0 Å². The minimum atomic E-state index is 0.492. The maximum atomic E-state index is 3.67. The van der Waals surface area contributed by atoms with Crippen LogP contribution in [0.25, 0.3) is 0 Å². The zero-order valence-electron chi connectivity index (χ0n) is 13.8. The molecule has 1 rings (SSSR count). The van der Waals surface area contributed by atoms with E-state index in [1.807, 2.05) is 0 Å². The molecule has 0 saturated heterocycles. The Bertz CT molecular complexity index is 254. The molecule has 108 valence electrons. The van der Waals surface area contributed by atoms with Crippen molar-refractivity contribution >= 4 is 0 Å². The van der Waals surface area contributed by atoms with Gasteiger partial charge in [-0.2, -0.15) is 0 Å². The van der Waals surface area contributed by atoms with Crippen LogP contribution in [0.1, 0.15) is 74.1 Å². The molecule has 0 radical (unpaired) electrons. The molecule has 18 heavy (non-hydrogen) atoms. The molecule has 0 bridgehead atoms. The number of rotatable bonds is 5. The molecule has 1 nitrogen and oxygen atoms in total. The molecule has 1 fully saturated rings. The summed E-state index contributed by atoms with van der Waals surface area (Å²) in [6.07, 6.45) is 5.60. The summed E-state index contributed by atoms with van der Waals surface area (Å²) in [5, 5.41) is 3.67. The second-order valence-electron chi connectivity index (χ2n) is 8.59. The lowest BCUT2D eigenvalue weighted by molar-refractivity contribution is 0.0442. The Balaban J connectivity index is 2.66. The minimum absolute atomic E-state index is 0.492. The Morgan fingerprint density at radius 3 is 2.17 bits per heavy atom. The molecule has 0 aromatic heterocycles. The summed E-state index contributed by atoms with van der Waals surface area (Å²) in [6.45, 7) is 17.8. The standard InChI is InChI=1S/C17H35N/c1-13(2)8-15-9-16(5,6)11-17(7,10-15)12-18-14(3)4/h13-15,18H,8-12H2,1-7H3. The van der Waals surface area contributed by atoms with Crippen LogP contribution in [0, 0.1) is 22.7 Å². The van der Waals surface area contributed by atoms with Gasteiger partial charge in [0.2, 0.25) is 0 Å². The van der Waals surface area contributed by atoms with Crippen molar-refractivity contribution in [2.45, 2.75) is 80.2 Å². The fourth-order valence-electron chi connectivity index (χ4n) is 4.27. The van der Waals surface area contributed by atoms with Crippen LogP contribution >= 0.6 is 0 Å². The topological polar surface area (TPSA) is 12.0 Å². The van der Waals surface area contributed by atoms with Crippen molar-refractivity contribution < 1.29 is 0 Å². The summed E-state index contributed by atoms with van der Waals surface area (Å²) in [6, 6.07) is 0.607. The van der Waals surface area contributed by atoms with Gasteiger partial charge in [-0.05, 0) is 48.3 Å². The molecule has 1 saturated carbocycles. The van der Waals surface area contributed by atoms with Crippen molar-refractivity contribution in [1.82, 2.24) is 5.32 Å². The van der Waals surface area contributed by atoms with E-state index < -0.39 is 0 Å². The number of hydrogen-bond acceptors (Lipinski definition) is 1. The van der Waals surface area contributed by atoms with Crippen molar-refractivity contribution in [3.8, 4) is 0 Å². The SMILES string of the molecule is CC(C)CC1CC(C)(C)CC(C)(CNC(C)C)C1. The summed E-state index contributed by atoms with van der Waals surface area (Å²) in [5.41, 5.74) is 1.01. The van der Waals surface area contributed by atoms with Crippen molar-refractivity contribution in [2.75, 3.05) is 6.54 Å². The normalized spacial score (nSPS) is 32.2. The van der Waals surface area contributed by atoms with E-state index in [0.29, 0.717) is 16.9 Å². The highest BCUT2D eigenvalue weighted by Gasteiger charge is 2.40. The van der Waals surface area contributed by atoms with Crippen LogP contribution in [0.5, 0.6) is 0 Å². The van der Waals surface area contributed by atoms with E-state index in [1.54, 1.807) is 0 Å². The molecule has 0 spiro atoms. The monoisotopic (exact) mass is 253 g/mol. The molecular formula is C17H35N. The summed E-state index contributed by atoms with van der Waals surface area (Å²) in [5.74, 6) is 1.76. The van der Waals surface area contributed by atoms with E-state index in [2.05, 4.69) is 53.8 Å². The molecule has 1 heteroatoms. The molecule has 0 aromatic rings. The summed E-state index contributed by atoms with van der Waals surface area (Å²) in [4.78, 5) is 0. The third-order valence-electron chi connectivity index (χ3n) is 4.27. The Morgan fingerprint density at radius 2 is 1.67 bits per heavy atom. The van der Waals surface area contributed by atoms with Crippen LogP contribution in [0.15, 0.2) is 0 Å². The zero-order chi connectivity index (χ0) is 14.0. The van der Waals surface area contributed by atoms with Gasteiger partial charge in [0.15, 0.2) is 0 Å². The highest BCUT2D eigenvalue weighted by molar-refractivity contribution is 4.93. The van der Waals surface area contributed by atoms with Crippen LogP contribution < -0.4 is 5.32 Å². The Labute approximate surface area is 115 Å². The zero-order valence-corrected chi connectivity index (χ0v) is 13.8. The van der Waals surface area contributed by atoms with Gasteiger partial charge in [-0.1, -0.05) is 48.5 Å². The molecule has 2 unspecified atom stereocenters. The fraction of sp³-hybridized carbons (Fsp3) is 1.00. The van der Waals surface area contributed by atoms with Gasteiger partial charge in [-0.3, -0.25) is 0 Å². The van der Waals surface area contributed by atoms with Gasteiger partial charge < -0.3 is 5.32 Å². The molecule has 0 heterocycles. The van der Waals surface area contributed by atoms with Gasteiger partial charge in [-0.15, -0.1) is 0 Å². The molecule has 1 N–H and O–H groups in total. The predicted molar refractivity (Wildman–Crippen MR) is 81.8 cm³/mol. The first-order valence-corrected chi connectivity index (χ1v) is 7.85. The van der Waals surface area contributed by atoms with Gasteiger partial charge >= 0.3 is 0 Å². The second kappa shape index (κ2) is 5.94. The van der Waals surface area contributed by atoms with E-state index in [9.17, 15) is 0 Å². The minimum Gasteiger partial charge on any atom is -0.314 e. The van der Waals surface area contributed by atoms with Crippen molar-refractivity contribution in [2.24, 2.45) is 22.7 Å². The van der Waals surface area contributed by atoms with E-state index in [1.165, 1.54) is 32.2 Å². The Hall–Kier alpha value is -0.0400. The molecule has 1 aliphatic rings. The lowest BCUT2D eigenvalue weighted by Crippen LogP contribution is -2.43. The van der Waals surface area contributed by atoms with Crippen LogP contribution in [-0.4, -0.2) is 12.6 Å². The first-order chi connectivity index (χ1) is 8.12. The summed E-state index contributed by atoms with van der Waals surface area (Å²) in [7, 11) is 0. The molecule has 1 aliphatic carbocycles. The van der Waals surface area contributed by atoms with Gasteiger partial charge in [0.25, 0.3) is 0 Å². The smallest absolute Gasteiger partial charge is 0.00106 e. The highest BCUT2D eigenvalue weighted by atomic mass is 14.9. The van der Waals surface area contributed by atoms with Crippen LogP contribution in [0.2, 0.25) is 0 Å². The van der Waals surface area contributed by atoms with Gasteiger partial charge in [0, 0.05) is 12.6 Å². The molecule has 0 amide bonds. The van der Waals surface area contributed by atoms with Crippen molar-refractivity contribution in [3.05, 3.63) is 0 Å². The number of nitrogens with one attached hydrogen (secondary N) is 1. The Kier molecular flexibility index (Phi) is 5.29. The second-order valence-corrected chi connectivity index (χ2v) is 8.59.